The summed E-state index contributed by atoms with van der Waals surface area (Å²) in [7, 11) is 0. The standard InChI is InChI=1S/C34H68O2.Sn.2H/c1-7-13-17-19-21-23-27-34(29-31(11-5)25-15-9-3,30-32(12-6)26-16-10-4)33(35)36-28-24-22-20-18-14-8-2;;;/h31-32H,7-30H2,1-6H3;;;. The second-order valence-corrected chi connectivity index (χ2v) is 11.9. The van der Waals surface area contributed by atoms with Gasteiger partial charge >= 0.3 is 29.9 Å². The zero-order chi connectivity index (χ0) is 26.9. The Morgan fingerprint density at radius 2 is 0.973 bits per heavy atom. The van der Waals surface area contributed by atoms with Gasteiger partial charge in [-0.2, -0.15) is 0 Å². The third-order valence-corrected chi connectivity index (χ3v) is 8.62. The van der Waals surface area contributed by atoms with Gasteiger partial charge in [-0.25, -0.2) is 0 Å². The van der Waals surface area contributed by atoms with Crippen LogP contribution in [0.5, 0.6) is 0 Å². The van der Waals surface area contributed by atoms with Crippen LogP contribution in [0.25, 0.3) is 0 Å². The fraction of sp³-hybridized carbons (Fsp3) is 0.971. The summed E-state index contributed by atoms with van der Waals surface area (Å²) in [5.41, 5.74) is -0.268. The molecule has 0 aliphatic rings. The molecule has 3 heteroatoms. The SMILES string of the molecule is CCCCCCCCOC(=O)C(CCCCCCCC)(CC(CC)CCCC)CC(CC)CCCC.[SnH2]. The molecule has 0 bridgehead atoms. The third-order valence-electron chi connectivity index (χ3n) is 8.62. The molecule has 2 atom stereocenters. The van der Waals surface area contributed by atoms with Crippen molar-refractivity contribution in [3.05, 3.63) is 0 Å². The normalized spacial score (nSPS) is 14.5. The number of hydrogen-bond acceptors (Lipinski definition) is 2. The van der Waals surface area contributed by atoms with Crippen LogP contribution in [-0.4, -0.2) is 36.5 Å². The van der Waals surface area contributed by atoms with Gasteiger partial charge in [0, 0.05) is 0 Å². The van der Waals surface area contributed by atoms with Gasteiger partial charge in [-0.3, -0.25) is 4.79 Å². The molecule has 2 radical (unpaired) electrons. The van der Waals surface area contributed by atoms with E-state index in [9.17, 15) is 4.79 Å². The van der Waals surface area contributed by atoms with Crippen LogP contribution in [0, 0.1) is 17.3 Å². The van der Waals surface area contributed by atoms with Crippen molar-refractivity contribution in [3.63, 3.8) is 0 Å². The Balaban J connectivity index is 0. The molecule has 0 rings (SSSR count). The van der Waals surface area contributed by atoms with Crippen LogP contribution in [0.2, 0.25) is 0 Å². The quantitative estimate of drug-likeness (QED) is 0.0513. The van der Waals surface area contributed by atoms with Crippen LogP contribution in [0.3, 0.4) is 0 Å². The molecule has 222 valence electrons. The average Bonchev–Trinajstić information content (AvgIpc) is 2.89. The van der Waals surface area contributed by atoms with Gasteiger partial charge in [-0.15, -0.1) is 0 Å². The van der Waals surface area contributed by atoms with E-state index in [-0.39, 0.29) is 35.3 Å². The van der Waals surface area contributed by atoms with Crippen molar-refractivity contribution < 1.29 is 9.53 Å². The van der Waals surface area contributed by atoms with Crippen LogP contribution in [0.4, 0.5) is 0 Å². The summed E-state index contributed by atoms with van der Waals surface area (Å²) in [6.45, 7) is 14.4. The first-order valence-corrected chi connectivity index (χ1v) is 16.7. The Bertz CT molecular complexity index is 460. The minimum atomic E-state index is -0.268. The Morgan fingerprint density at radius 3 is 1.41 bits per heavy atom. The summed E-state index contributed by atoms with van der Waals surface area (Å²) in [6.07, 6.45) is 28.3. The molecule has 0 aromatic heterocycles. The number of hydrogen-bond donors (Lipinski definition) is 0. The van der Waals surface area contributed by atoms with Gasteiger partial charge in [-0.05, 0) is 37.5 Å². The predicted octanol–water partition coefficient (Wildman–Crippen LogP) is 10.9. The van der Waals surface area contributed by atoms with E-state index in [0.717, 1.165) is 25.7 Å². The van der Waals surface area contributed by atoms with Crippen molar-refractivity contribution in [3.8, 4) is 0 Å². The minimum absolute atomic E-state index is 0. The second-order valence-electron chi connectivity index (χ2n) is 11.9. The molecule has 0 aromatic rings. The molecular weight excluding hydrogens is 559 g/mol. The van der Waals surface area contributed by atoms with Crippen molar-refractivity contribution in [2.75, 3.05) is 6.61 Å². The Kier molecular flexibility index (Phi) is 29.6. The van der Waals surface area contributed by atoms with Crippen LogP contribution in [-0.2, 0) is 9.53 Å². The first-order valence-electron chi connectivity index (χ1n) is 16.7. The van der Waals surface area contributed by atoms with Gasteiger partial charge in [0.15, 0.2) is 0 Å². The number of carbonyl (C=O) groups excluding carboxylic acids is 1. The molecule has 0 fully saturated rings. The van der Waals surface area contributed by atoms with Gasteiger partial charge < -0.3 is 4.74 Å². The van der Waals surface area contributed by atoms with E-state index in [1.807, 2.05) is 0 Å². The van der Waals surface area contributed by atoms with E-state index in [1.165, 1.54) is 122 Å². The summed E-state index contributed by atoms with van der Waals surface area (Å²) in [5.74, 6) is 1.46. The number of rotatable bonds is 27. The molecular formula is C34H70O2Sn. The fourth-order valence-electron chi connectivity index (χ4n) is 5.99. The van der Waals surface area contributed by atoms with E-state index >= 15 is 0 Å². The van der Waals surface area contributed by atoms with E-state index in [2.05, 4.69) is 41.5 Å². The summed E-state index contributed by atoms with van der Waals surface area (Å²) in [6, 6.07) is 0. The molecule has 0 aliphatic carbocycles. The molecule has 0 aromatic carbocycles. The van der Waals surface area contributed by atoms with E-state index in [4.69, 9.17) is 4.74 Å². The number of esters is 1. The maximum atomic E-state index is 14.0. The van der Waals surface area contributed by atoms with Crippen molar-refractivity contribution in [2.45, 2.75) is 189 Å². The summed E-state index contributed by atoms with van der Waals surface area (Å²) >= 11 is 0. The van der Waals surface area contributed by atoms with Crippen molar-refractivity contribution >= 4 is 29.9 Å². The van der Waals surface area contributed by atoms with Crippen LogP contribution in [0.1, 0.15) is 189 Å². The van der Waals surface area contributed by atoms with E-state index in [1.54, 1.807) is 0 Å². The molecule has 0 spiro atoms. The second kappa shape index (κ2) is 27.8. The zero-order valence-electron chi connectivity index (χ0n) is 26.6. The molecule has 2 nitrogen and oxygen atoms in total. The molecule has 37 heavy (non-hydrogen) atoms. The summed E-state index contributed by atoms with van der Waals surface area (Å²) < 4.78 is 6.17. The summed E-state index contributed by atoms with van der Waals surface area (Å²) in [5, 5.41) is 0. The zero-order valence-corrected chi connectivity index (χ0v) is 30.7. The monoisotopic (exact) mass is 630 g/mol. The average molecular weight is 630 g/mol. The Labute approximate surface area is 251 Å². The molecule has 0 aliphatic heterocycles. The fourth-order valence-corrected chi connectivity index (χ4v) is 5.99. The van der Waals surface area contributed by atoms with E-state index < -0.39 is 0 Å². The maximum absolute atomic E-state index is 14.0. The summed E-state index contributed by atoms with van der Waals surface area (Å²) in [4.78, 5) is 14.0. The van der Waals surface area contributed by atoms with Crippen molar-refractivity contribution in [2.24, 2.45) is 17.3 Å². The van der Waals surface area contributed by atoms with Gasteiger partial charge in [0.2, 0.25) is 0 Å². The van der Waals surface area contributed by atoms with Crippen LogP contribution >= 0.6 is 0 Å². The third kappa shape index (κ3) is 19.9. The van der Waals surface area contributed by atoms with Gasteiger partial charge in [0.05, 0.1) is 12.0 Å². The van der Waals surface area contributed by atoms with Crippen molar-refractivity contribution in [1.82, 2.24) is 0 Å². The number of ether oxygens (including phenoxy) is 1. The molecule has 0 amide bonds. The van der Waals surface area contributed by atoms with E-state index in [0.29, 0.717) is 18.4 Å². The molecule has 0 heterocycles. The first-order chi connectivity index (χ1) is 17.5. The predicted molar refractivity (Wildman–Crippen MR) is 169 cm³/mol. The van der Waals surface area contributed by atoms with Crippen LogP contribution in [0.15, 0.2) is 0 Å². The Hall–Kier alpha value is 0.269. The molecule has 0 saturated heterocycles. The number of unbranched alkanes of at least 4 members (excludes halogenated alkanes) is 12. The molecule has 0 N–H and O–H groups in total. The van der Waals surface area contributed by atoms with Gasteiger partial charge in [0.25, 0.3) is 0 Å². The van der Waals surface area contributed by atoms with Crippen LogP contribution < -0.4 is 0 Å². The molecule has 0 saturated carbocycles. The topological polar surface area (TPSA) is 26.3 Å². The van der Waals surface area contributed by atoms with Gasteiger partial charge in [-0.1, -0.05) is 164 Å². The number of carbonyl (C=O) groups is 1. The first kappa shape index (κ1) is 39.4. The van der Waals surface area contributed by atoms with Gasteiger partial charge in [0.1, 0.15) is 0 Å². The molecule has 2 unspecified atom stereocenters. The Morgan fingerprint density at radius 1 is 0.568 bits per heavy atom. The van der Waals surface area contributed by atoms with Crippen molar-refractivity contribution in [1.29, 1.82) is 0 Å².